The van der Waals surface area contributed by atoms with Crippen molar-refractivity contribution in [2.24, 2.45) is 0 Å². The van der Waals surface area contributed by atoms with E-state index in [1.54, 1.807) is 48.9 Å². The Balaban J connectivity index is 1.34. The van der Waals surface area contributed by atoms with Gasteiger partial charge in [-0.05, 0) is 66.7 Å². The molecular weight excluding hydrogens is 468 g/mol. The molecule has 35 heavy (non-hydrogen) atoms. The monoisotopic (exact) mass is 492 g/mol. The summed E-state index contributed by atoms with van der Waals surface area (Å²) in [5.41, 5.74) is 2.07. The number of hydrogen-bond acceptors (Lipinski definition) is 7. The van der Waals surface area contributed by atoms with Crippen molar-refractivity contribution in [1.29, 1.82) is 0 Å². The van der Waals surface area contributed by atoms with Crippen LogP contribution in [0.2, 0.25) is 0 Å². The molecule has 1 aliphatic rings. The molecule has 0 atom stereocenters. The first-order chi connectivity index (χ1) is 17.0. The zero-order valence-corrected chi connectivity index (χ0v) is 20.1. The molecule has 1 aromatic heterocycles. The van der Waals surface area contributed by atoms with Crippen molar-refractivity contribution in [2.45, 2.75) is 6.92 Å². The molecule has 0 radical (unpaired) electrons. The minimum atomic E-state index is -0.396. The van der Waals surface area contributed by atoms with E-state index < -0.39 is 5.91 Å². The molecule has 3 amide bonds. The fraction of sp³-hybridized carbons (Fsp3) is 0.200. The van der Waals surface area contributed by atoms with Gasteiger partial charge in [0, 0.05) is 36.7 Å². The third kappa shape index (κ3) is 5.55. The van der Waals surface area contributed by atoms with E-state index in [1.165, 1.54) is 7.11 Å². The number of nitrogens with one attached hydrogen (secondary N) is 1. The minimum Gasteiger partial charge on any atom is -0.493 e. The summed E-state index contributed by atoms with van der Waals surface area (Å²) in [7, 11) is 1.54. The van der Waals surface area contributed by atoms with Gasteiger partial charge in [-0.1, -0.05) is 6.07 Å². The Hall–Kier alpha value is -4.05. The Bertz CT molecular complexity index is 1260. The van der Waals surface area contributed by atoms with E-state index in [0.717, 1.165) is 22.3 Å². The first-order valence-corrected chi connectivity index (χ1v) is 11.7. The van der Waals surface area contributed by atoms with Crippen LogP contribution in [0, 0.1) is 0 Å². The summed E-state index contributed by atoms with van der Waals surface area (Å²) in [4.78, 5) is 43.1. The smallest absolute Gasteiger partial charge is 0.293 e. The van der Waals surface area contributed by atoms with Crippen molar-refractivity contribution < 1.29 is 23.9 Å². The van der Waals surface area contributed by atoms with E-state index in [9.17, 15) is 14.4 Å². The van der Waals surface area contributed by atoms with E-state index >= 15 is 0 Å². The number of amides is 3. The number of imide groups is 1. The molecule has 9 nitrogen and oxygen atoms in total. The van der Waals surface area contributed by atoms with E-state index in [2.05, 4.69) is 10.3 Å². The van der Waals surface area contributed by atoms with Crippen LogP contribution in [0.5, 0.6) is 11.5 Å². The summed E-state index contributed by atoms with van der Waals surface area (Å²) in [5.74, 6) is 0.464. The van der Waals surface area contributed by atoms with Gasteiger partial charge >= 0.3 is 0 Å². The molecule has 2 aromatic carbocycles. The summed E-state index contributed by atoms with van der Waals surface area (Å²) in [6.07, 6.45) is 6.80. The Labute approximate surface area is 206 Å². The van der Waals surface area contributed by atoms with Crippen LogP contribution in [0.1, 0.15) is 22.8 Å². The van der Waals surface area contributed by atoms with E-state index in [1.807, 2.05) is 29.8 Å². The maximum absolute atomic E-state index is 12.8. The van der Waals surface area contributed by atoms with Crippen molar-refractivity contribution in [1.82, 2.24) is 19.8 Å². The van der Waals surface area contributed by atoms with Gasteiger partial charge in [-0.3, -0.25) is 19.3 Å². The van der Waals surface area contributed by atoms with Crippen LogP contribution < -0.4 is 14.8 Å². The van der Waals surface area contributed by atoms with Gasteiger partial charge in [0.2, 0.25) is 0 Å². The summed E-state index contributed by atoms with van der Waals surface area (Å²) in [6, 6.07) is 12.3. The molecule has 0 bridgehead atoms. The maximum atomic E-state index is 12.8. The van der Waals surface area contributed by atoms with Crippen LogP contribution in [0.15, 0.2) is 66.1 Å². The van der Waals surface area contributed by atoms with Gasteiger partial charge in [0.25, 0.3) is 17.1 Å². The lowest BCUT2D eigenvalue weighted by Gasteiger charge is -2.13. The second-order valence-corrected chi connectivity index (χ2v) is 8.44. The molecule has 1 saturated heterocycles. The standard InChI is InChI=1S/C25H24N4O5S/c1-3-34-20-9-4-17(14-21(20)33-2)15-22-24(31)29(25(32)35-22)13-11-27-23(30)18-5-7-19(8-6-18)28-12-10-26-16-28/h4-10,12,14-16H,3,11,13H2,1-2H3,(H,27,30)/b22-15+. The van der Waals surface area contributed by atoms with Crippen LogP contribution in [-0.4, -0.2) is 58.3 Å². The first-order valence-electron chi connectivity index (χ1n) is 10.9. The van der Waals surface area contributed by atoms with Crippen LogP contribution in [0.4, 0.5) is 4.79 Å². The lowest BCUT2D eigenvalue weighted by atomic mass is 10.2. The van der Waals surface area contributed by atoms with Gasteiger partial charge in [0.1, 0.15) is 0 Å². The lowest BCUT2D eigenvalue weighted by molar-refractivity contribution is -0.122. The highest BCUT2D eigenvalue weighted by molar-refractivity contribution is 8.18. The number of imidazole rings is 1. The topological polar surface area (TPSA) is 103 Å². The number of nitrogens with zero attached hydrogens (tertiary/aromatic N) is 3. The van der Waals surface area contributed by atoms with Gasteiger partial charge in [-0.15, -0.1) is 0 Å². The molecule has 0 spiro atoms. The fourth-order valence-corrected chi connectivity index (χ4v) is 4.34. The molecule has 1 fully saturated rings. The molecule has 3 aromatic rings. The largest absolute Gasteiger partial charge is 0.493 e. The summed E-state index contributed by atoms with van der Waals surface area (Å²) >= 11 is 0.866. The number of ether oxygens (including phenoxy) is 2. The molecule has 0 saturated carbocycles. The van der Waals surface area contributed by atoms with Gasteiger partial charge in [-0.25, -0.2) is 4.98 Å². The number of aromatic nitrogens is 2. The van der Waals surface area contributed by atoms with Crippen LogP contribution in [0.25, 0.3) is 11.8 Å². The quantitative estimate of drug-likeness (QED) is 0.454. The number of hydrogen-bond donors (Lipinski definition) is 1. The maximum Gasteiger partial charge on any atom is 0.293 e. The molecule has 1 aliphatic heterocycles. The van der Waals surface area contributed by atoms with E-state index in [0.29, 0.717) is 34.1 Å². The molecule has 1 N–H and O–H groups in total. The third-order valence-electron chi connectivity index (χ3n) is 5.21. The SMILES string of the molecule is CCOc1ccc(/C=C2/SC(=O)N(CCNC(=O)c3ccc(-n4ccnc4)cc3)C2=O)cc1OC. The third-order valence-corrected chi connectivity index (χ3v) is 6.12. The summed E-state index contributed by atoms with van der Waals surface area (Å²) in [5, 5.41) is 2.38. The number of methoxy groups -OCH3 is 1. The van der Waals surface area contributed by atoms with Crippen molar-refractivity contribution >= 4 is 34.9 Å². The van der Waals surface area contributed by atoms with Crippen LogP contribution >= 0.6 is 11.8 Å². The molecule has 2 heterocycles. The highest BCUT2D eigenvalue weighted by atomic mass is 32.2. The van der Waals surface area contributed by atoms with Crippen LogP contribution in [-0.2, 0) is 4.79 Å². The highest BCUT2D eigenvalue weighted by Gasteiger charge is 2.34. The molecule has 0 aliphatic carbocycles. The zero-order valence-electron chi connectivity index (χ0n) is 19.3. The fourth-order valence-electron chi connectivity index (χ4n) is 3.47. The second kappa shape index (κ2) is 10.9. The Kier molecular flexibility index (Phi) is 7.51. The zero-order chi connectivity index (χ0) is 24.8. The number of thioether (sulfide) groups is 1. The normalized spacial score (nSPS) is 14.5. The molecular formula is C25H24N4O5S. The minimum absolute atomic E-state index is 0.0769. The number of carbonyl (C=O) groups is 3. The van der Waals surface area contributed by atoms with Crippen molar-refractivity contribution in [3.05, 3.63) is 77.2 Å². The number of rotatable bonds is 9. The Morgan fingerprint density at radius 3 is 2.63 bits per heavy atom. The summed E-state index contributed by atoms with van der Waals surface area (Å²) < 4.78 is 12.7. The van der Waals surface area contributed by atoms with Crippen molar-refractivity contribution in [3.63, 3.8) is 0 Å². The predicted molar refractivity (Wildman–Crippen MR) is 133 cm³/mol. The lowest BCUT2D eigenvalue weighted by Crippen LogP contribution is -2.37. The molecule has 10 heteroatoms. The number of benzene rings is 2. The number of carbonyl (C=O) groups excluding carboxylic acids is 3. The van der Waals surface area contributed by atoms with E-state index in [4.69, 9.17) is 9.47 Å². The predicted octanol–water partition coefficient (Wildman–Crippen LogP) is 3.75. The second-order valence-electron chi connectivity index (χ2n) is 7.45. The molecule has 180 valence electrons. The average molecular weight is 493 g/mol. The van der Waals surface area contributed by atoms with E-state index in [-0.39, 0.29) is 24.2 Å². The van der Waals surface area contributed by atoms with Gasteiger partial charge in [0.15, 0.2) is 11.5 Å². The highest BCUT2D eigenvalue weighted by Crippen LogP contribution is 2.34. The Morgan fingerprint density at radius 1 is 1.14 bits per heavy atom. The van der Waals surface area contributed by atoms with Crippen molar-refractivity contribution in [3.8, 4) is 17.2 Å². The first kappa shape index (κ1) is 24.1. The average Bonchev–Trinajstić information content (AvgIpc) is 3.50. The van der Waals surface area contributed by atoms with Gasteiger partial charge in [0.05, 0.1) is 24.9 Å². The van der Waals surface area contributed by atoms with Gasteiger partial charge < -0.3 is 19.4 Å². The molecule has 4 rings (SSSR count). The van der Waals surface area contributed by atoms with Crippen molar-refractivity contribution in [2.75, 3.05) is 26.8 Å². The van der Waals surface area contributed by atoms with Crippen LogP contribution in [0.3, 0.4) is 0 Å². The molecule has 0 unspecified atom stereocenters. The van der Waals surface area contributed by atoms with Gasteiger partial charge in [-0.2, -0.15) is 0 Å². The Morgan fingerprint density at radius 2 is 1.94 bits per heavy atom. The summed E-state index contributed by atoms with van der Waals surface area (Å²) in [6.45, 7) is 2.60.